The van der Waals surface area contributed by atoms with E-state index in [1.807, 2.05) is 0 Å². The van der Waals surface area contributed by atoms with Crippen molar-refractivity contribution in [3.63, 3.8) is 0 Å². The molecule has 108 valence electrons. The lowest BCUT2D eigenvalue weighted by atomic mass is 10.3. The van der Waals surface area contributed by atoms with Crippen molar-refractivity contribution in [1.29, 1.82) is 0 Å². The van der Waals surface area contributed by atoms with Crippen LogP contribution in [0.3, 0.4) is 0 Å². The third kappa shape index (κ3) is 5.10. The monoisotopic (exact) mass is 351 g/mol. The van der Waals surface area contributed by atoms with Gasteiger partial charge in [0.25, 0.3) is 0 Å². The quantitative estimate of drug-likeness (QED) is 0.729. The zero-order valence-corrected chi connectivity index (χ0v) is 13.4. The molecule has 0 atom stereocenters. The molecule has 0 aliphatic carbocycles. The average Bonchev–Trinajstić information content (AvgIpc) is 2.38. The molecule has 1 aromatic carbocycles. The van der Waals surface area contributed by atoms with Gasteiger partial charge >= 0.3 is 0 Å². The maximum Gasteiger partial charge on any atom is 0.244 e. The highest BCUT2D eigenvalue weighted by molar-refractivity contribution is 9.10. The summed E-state index contributed by atoms with van der Waals surface area (Å²) in [5.74, 6) is 0.326. The summed E-state index contributed by atoms with van der Waals surface area (Å²) in [6, 6.07) is 4.87. The van der Waals surface area contributed by atoms with E-state index in [1.165, 1.54) is 13.2 Å². The highest BCUT2D eigenvalue weighted by atomic mass is 79.9. The van der Waals surface area contributed by atoms with E-state index in [-0.39, 0.29) is 4.90 Å². The molecule has 0 unspecified atom stereocenters. The van der Waals surface area contributed by atoms with E-state index < -0.39 is 10.0 Å². The Balaban J connectivity index is 2.74. The predicted octanol–water partition coefficient (Wildman–Crippen LogP) is 2.16. The molecule has 0 heterocycles. The molecule has 0 aromatic heterocycles. The molecule has 0 spiro atoms. The summed E-state index contributed by atoms with van der Waals surface area (Å²) in [6.07, 6.45) is 1.54. The maximum absolute atomic E-state index is 12.2. The minimum absolute atomic E-state index is 0.135. The van der Waals surface area contributed by atoms with Gasteiger partial charge in [0.1, 0.15) is 10.6 Å². The largest absolute Gasteiger partial charge is 0.495 e. The lowest BCUT2D eigenvalue weighted by molar-refractivity contribution is 0.193. The van der Waals surface area contributed by atoms with Crippen molar-refractivity contribution in [1.82, 2.24) is 4.72 Å². The summed E-state index contributed by atoms with van der Waals surface area (Å²) < 4.78 is 37.5. The molecular weight excluding hydrogens is 334 g/mol. The molecule has 0 bridgehead atoms. The SMILES string of the molecule is COCCCCNS(=O)(=O)c1cc(Br)ccc1OC. The first-order valence-corrected chi connectivity index (χ1v) is 8.11. The molecule has 1 rings (SSSR count). The molecule has 0 amide bonds. The smallest absolute Gasteiger partial charge is 0.244 e. The number of hydrogen-bond acceptors (Lipinski definition) is 4. The van der Waals surface area contributed by atoms with Crippen LogP contribution in [0, 0.1) is 0 Å². The number of nitrogens with one attached hydrogen (secondary N) is 1. The van der Waals surface area contributed by atoms with Gasteiger partial charge in [0, 0.05) is 24.7 Å². The van der Waals surface area contributed by atoms with Crippen LogP contribution in [0.15, 0.2) is 27.6 Å². The topological polar surface area (TPSA) is 64.6 Å². The molecule has 5 nitrogen and oxygen atoms in total. The third-order valence-electron chi connectivity index (χ3n) is 2.48. The Hall–Kier alpha value is -0.630. The Bertz CT molecular complexity index is 504. The fourth-order valence-electron chi connectivity index (χ4n) is 1.52. The van der Waals surface area contributed by atoms with E-state index in [4.69, 9.17) is 9.47 Å². The van der Waals surface area contributed by atoms with Gasteiger partial charge in [-0.15, -0.1) is 0 Å². The highest BCUT2D eigenvalue weighted by Gasteiger charge is 2.19. The molecule has 0 saturated carbocycles. The number of sulfonamides is 1. The van der Waals surface area contributed by atoms with E-state index in [9.17, 15) is 8.42 Å². The standard InChI is InChI=1S/C12H18BrNO4S/c1-17-8-4-3-7-14-19(15,16)12-9-10(13)5-6-11(12)18-2/h5-6,9,14H,3-4,7-8H2,1-2H3. The predicted molar refractivity (Wildman–Crippen MR) is 77.0 cm³/mol. The van der Waals surface area contributed by atoms with Crippen molar-refractivity contribution in [2.75, 3.05) is 27.4 Å². The summed E-state index contributed by atoms with van der Waals surface area (Å²) in [6.45, 7) is 1.00. The first-order valence-electron chi connectivity index (χ1n) is 5.83. The van der Waals surface area contributed by atoms with Gasteiger partial charge in [0.15, 0.2) is 0 Å². The van der Waals surface area contributed by atoms with E-state index in [1.54, 1.807) is 19.2 Å². The van der Waals surface area contributed by atoms with Gasteiger partial charge in [-0.05, 0) is 31.0 Å². The van der Waals surface area contributed by atoms with E-state index in [2.05, 4.69) is 20.7 Å². The molecule has 0 aliphatic heterocycles. The van der Waals surface area contributed by atoms with Gasteiger partial charge in [0.2, 0.25) is 10.0 Å². The fraction of sp³-hybridized carbons (Fsp3) is 0.500. The molecule has 0 saturated heterocycles. The number of benzene rings is 1. The van der Waals surface area contributed by atoms with Crippen molar-refractivity contribution < 1.29 is 17.9 Å². The Morgan fingerprint density at radius 2 is 2.00 bits per heavy atom. The molecule has 1 N–H and O–H groups in total. The van der Waals surface area contributed by atoms with Crippen LogP contribution in [0.5, 0.6) is 5.75 Å². The Labute approximate surface area is 122 Å². The van der Waals surface area contributed by atoms with Crippen molar-refractivity contribution in [2.45, 2.75) is 17.7 Å². The van der Waals surface area contributed by atoms with Crippen molar-refractivity contribution in [3.8, 4) is 5.75 Å². The van der Waals surface area contributed by atoms with Crippen LogP contribution in [-0.4, -0.2) is 35.8 Å². The van der Waals surface area contributed by atoms with Crippen LogP contribution in [0.1, 0.15) is 12.8 Å². The summed E-state index contributed by atoms with van der Waals surface area (Å²) in [4.78, 5) is 0.135. The second-order valence-electron chi connectivity index (χ2n) is 3.89. The van der Waals surface area contributed by atoms with Crippen LogP contribution in [0.4, 0.5) is 0 Å². The minimum Gasteiger partial charge on any atom is -0.495 e. The van der Waals surface area contributed by atoms with Gasteiger partial charge in [-0.1, -0.05) is 15.9 Å². The fourth-order valence-corrected chi connectivity index (χ4v) is 3.30. The number of ether oxygens (including phenoxy) is 2. The summed E-state index contributed by atoms with van der Waals surface area (Å²) in [5.41, 5.74) is 0. The Morgan fingerprint density at radius 3 is 2.63 bits per heavy atom. The van der Waals surface area contributed by atoms with Gasteiger partial charge in [-0.3, -0.25) is 0 Å². The van der Waals surface area contributed by atoms with Crippen LogP contribution in [0.2, 0.25) is 0 Å². The molecule has 0 radical (unpaired) electrons. The lowest BCUT2D eigenvalue weighted by Crippen LogP contribution is -2.25. The zero-order chi connectivity index (χ0) is 14.3. The van der Waals surface area contributed by atoms with E-state index in [0.29, 0.717) is 23.4 Å². The number of unbranched alkanes of at least 4 members (excludes halogenated alkanes) is 1. The molecular formula is C12H18BrNO4S. The molecule has 0 aliphatic rings. The van der Waals surface area contributed by atoms with Crippen LogP contribution in [0.25, 0.3) is 0 Å². The summed E-state index contributed by atoms with van der Waals surface area (Å²) >= 11 is 3.26. The number of hydrogen-bond donors (Lipinski definition) is 1. The molecule has 1 aromatic rings. The third-order valence-corrected chi connectivity index (χ3v) is 4.46. The molecule has 7 heteroatoms. The zero-order valence-electron chi connectivity index (χ0n) is 11.0. The second kappa shape index (κ2) is 7.84. The minimum atomic E-state index is -3.56. The van der Waals surface area contributed by atoms with E-state index >= 15 is 0 Å². The normalized spacial score (nSPS) is 11.5. The van der Waals surface area contributed by atoms with Gasteiger partial charge in [-0.2, -0.15) is 0 Å². The van der Waals surface area contributed by atoms with Gasteiger partial charge < -0.3 is 9.47 Å². The van der Waals surface area contributed by atoms with Gasteiger partial charge in [0.05, 0.1) is 7.11 Å². The van der Waals surface area contributed by atoms with Crippen LogP contribution >= 0.6 is 15.9 Å². The second-order valence-corrected chi connectivity index (χ2v) is 6.54. The van der Waals surface area contributed by atoms with Gasteiger partial charge in [-0.25, -0.2) is 13.1 Å². The van der Waals surface area contributed by atoms with Crippen LogP contribution in [-0.2, 0) is 14.8 Å². The first kappa shape index (κ1) is 16.4. The van der Waals surface area contributed by atoms with Crippen LogP contribution < -0.4 is 9.46 Å². The van der Waals surface area contributed by atoms with Crippen molar-refractivity contribution in [3.05, 3.63) is 22.7 Å². The summed E-state index contributed by atoms with van der Waals surface area (Å²) in [7, 11) is -0.492. The van der Waals surface area contributed by atoms with Crippen molar-refractivity contribution >= 4 is 26.0 Å². The Kier molecular flexibility index (Phi) is 6.78. The maximum atomic E-state index is 12.2. The molecule has 0 fully saturated rings. The van der Waals surface area contributed by atoms with E-state index in [0.717, 1.165) is 12.8 Å². The number of rotatable bonds is 8. The lowest BCUT2D eigenvalue weighted by Gasteiger charge is -2.11. The Morgan fingerprint density at radius 1 is 1.26 bits per heavy atom. The highest BCUT2D eigenvalue weighted by Crippen LogP contribution is 2.26. The first-order chi connectivity index (χ1) is 9.01. The number of halogens is 1. The molecule has 19 heavy (non-hydrogen) atoms. The summed E-state index contributed by atoms with van der Waals surface area (Å²) in [5, 5.41) is 0. The average molecular weight is 352 g/mol. The number of methoxy groups -OCH3 is 2. The van der Waals surface area contributed by atoms with Crippen molar-refractivity contribution in [2.24, 2.45) is 0 Å².